The predicted octanol–water partition coefficient (Wildman–Crippen LogP) is 1.81. The van der Waals surface area contributed by atoms with Crippen LogP contribution in [-0.4, -0.2) is 23.0 Å². The number of hydrogen-bond donors (Lipinski definition) is 2. The molecule has 0 radical (unpaired) electrons. The van der Waals surface area contributed by atoms with Gasteiger partial charge in [0, 0.05) is 11.6 Å². The van der Waals surface area contributed by atoms with Gasteiger partial charge in [0.2, 0.25) is 0 Å². The van der Waals surface area contributed by atoms with Gasteiger partial charge in [0.25, 0.3) is 5.91 Å². The normalized spacial score (nSPS) is 22.7. The van der Waals surface area contributed by atoms with E-state index in [-0.39, 0.29) is 11.9 Å². The Morgan fingerprint density at radius 2 is 1.89 bits per heavy atom. The number of halogens is 1. The molecule has 5 heteroatoms. The summed E-state index contributed by atoms with van der Waals surface area (Å²) in [5, 5.41) is 11.7. The van der Waals surface area contributed by atoms with E-state index in [1.54, 1.807) is 0 Å². The van der Waals surface area contributed by atoms with Gasteiger partial charge in [-0.25, -0.2) is 4.39 Å². The summed E-state index contributed by atoms with van der Waals surface area (Å²) < 4.78 is 12.7. The SMILES string of the molecule is O=C(N[C@H]1CCC[C@H]1C(=O)O)c1ccc(F)cc1. The smallest absolute Gasteiger partial charge is 0.308 e. The Bertz CT molecular complexity index is 458. The van der Waals surface area contributed by atoms with Crippen molar-refractivity contribution in [2.45, 2.75) is 25.3 Å². The van der Waals surface area contributed by atoms with Gasteiger partial charge in [-0.3, -0.25) is 9.59 Å². The lowest BCUT2D eigenvalue weighted by Gasteiger charge is -2.17. The third-order valence-corrected chi connectivity index (χ3v) is 3.26. The number of carbonyl (C=O) groups is 2. The molecule has 0 heterocycles. The minimum absolute atomic E-state index is 0.333. The first-order chi connectivity index (χ1) is 8.58. The fraction of sp³-hybridized carbons (Fsp3) is 0.385. The van der Waals surface area contributed by atoms with E-state index in [0.717, 1.165) is 6.42 Å². The maximum Gasteiger partial charge on any atom is 0.308 e. The van der Waals surface area contributed by atoms with Crippen LogP contribution in [0.5, 0.6) is 0 Å². The molecular formula is C13H14FNO3. The second kappa shape index (κ2) is 5.16. The average molecular weight is 251 g/mol. The summed E-state index contributed by atoms with van der Waals surface area (Å²) >= 11 is 0. The van der Waals surface area contributed by atoms with Gasteiger partial charge in [0.1, 0.15) is 5.82 Å². The van der Waals surface area contributed by atoms with Crippen molar-refractivity contribution in [3.05, 3.63) is 35.6 Å². The van der Waals surface area contributed by atoms with E-state index in [4.69, 9.17) is 5.11 Å². The molecule has 1 aromatic rings. The summed E-state index contributed by atoms with van der Waals surface area (Å²) in [6, 6.07) is 4.85. The molecule has 1 aliphatic rings. The minimum atomic E-state index is -0.878. The number of hydrogen-bond acceptors (Lipinski definition) is 2. The molecule has 0 bridgehead atoms. The molecule has 1 fully saturated rings. The van der Waals surface area contributed by atoms with Gasteiger partial charge >= 0.3 is 5.97 Å². The summed E-state index contributed by atoms with van der Waals surface area (Å²) in [7, 11) is 0. The number of amides is 1. The lowest BCUT2D eigenvalue weighted by molar-refractivity contribution is -0.142. The van der Waals surface area contributed by atoms with E-state index in [1.807, 2.05) is 0 Å². The van der Waals surface area contributed by atoms with Crippen LogP contribution in [0.1, 0.15) is 29.6 Å². The van der Waals surface area contributed by atoms with Crippen LogP contribution in [0, 0.1) is 11.7 Å². The van der Waals surface area contributed by atoms with Crippen LogP contribution < -0.4 is 5.32 Å². The topological polar surface area (TPSA) is 66.4 Å². The molecule has 1 amide bonds. The van der Waals surface area contributed by atoms with Crippen LogP contribution in [0.25, 0.3) is 0 Å². The molecule has 18 heavy (non-hydrogen) atoms. The summed E-state index contributed by atoms with van der Waals surface area (Å²) in [5.41, 5.74) is 0.340. The van der Waals surface area contributed by atoms with Gasteiger partial charge in [0.05, 0.1) is 5.92 Å². The molecule has 1 aliphatic carbocycles. The maximum atomic E-state index is 12.7. The van der Waals surface area contributed by atoms with Crippen molar-refractivity contribution in [3.8, 4) is 0 Å². The van der Waals surface area contributed by atoms with Gasteiger partial charge in [0.15, 0.2) is 0 Å². The van der Waals surface area contributed by atoms with Crippen LogP contribution in [0.2, 0.25) is 0 Å². The van der Waals surface area contributed by atoms with Gasteiger partial charge in [-0.15, -0.1) is 0 Å². The summed E-state index contributed by atoms with van der Waals surface area (Å²) in [6.07, 6.45) is 2.05. The Hall–Kier alpha value is -1.91. The second-order valence-electron chi connectivity index (χ2n) is 4.46. The van der Waals surface area contributed by atoms with Crippen molar-refractivity contribution in [1.82, 2.24) is 5.32 Å². The number of aliphatic carboxylic acids is 1. The highest BCUT2D eigenvalue weighted by Gasteiger charge is 2.33. The van der Waals surface area contributed by atoms with E-state index in [2.05, 4.69) is 5.32 Å². The van der Waals surface area contributed by atoms with E-state index in [0.29, 0.717) is 18.4 Å². The molecule has 0 aliphatic heterocycles. The Labute approximate surface area is 104 Å². The number of nitrogens with one attached hydrogen (secondary N) is 1. The van der Waals surface area contributed by atoms with Crippen LogP contribution in [-0.2, 0) is 4.79 Å². The Kier molecular flexibility index (Phi) is 3.60. The number of carboxylic acid groups (broad SMARTS) is 1. The molecule has 0 unspecified atom stereocenters. The van der Waals surface area contributed by atoms with Crippen molar-refractivity contribution >= 4 is 11.9 Å². The molecule has 0 saturated heterocycles. The zero-order valence-electron chi connectivity index (χ0n) is 9.73. The van der Waals surface area contributed by atoms with E-state index in [1.165, 1.54) is 24.3 Å². The fourth-order valence-electron chi connectivity index (χ4n) is 2.28. The monoisotopic (exact) mass is 251 g/mol. The Morgan fingerprint density at radius 1 is 1.22 bits per heavy atom. The van der Waals surface area contributed by atoms with Crippen molar-refractivity contribution < 1.29 is 19.1 Å². The van der Waals surface area contributed by atoms with Crippen LogP contribution in [0.4, 0.5) is 4.39 Å². The van der Waals surface area contributed by atoms with Crippen LogP contribution in [0.15, 0.2) is 24.3 Å². The summed E-state index contributed by atoms with van der Waals surface area (Å²) in [6.45, 7) is 0. The average Bonchev–Trinajstić information content (AvgIpc) is 2.78. The van der Waals surface area contributed by atoms with E-state index >= 15 is 0 Å². The second-order valence-corrected chi connectivity index (χ2v) is 4.46. The standard InChI is InChI=1S/C13H14FNO3/c14-9-6-4-8(5-7-9)12(16)15-11-3-1-2-10(11)13(17)18/h4-7,10-11H,1-3H2,(H,15,16)(H,17,18)/t10-,11+/m1/s1. The third-order valence-electron chi connectivity index (χ3n) is 3.26. The first-order valence-electron chi connectivity index (χ1n) is 5.87. The highest BCUT2D eigenvalue weighted by molar-refractivity contribution is 5.94. The van der Waals surface area contributed by atoms with E-state index < -0.39 is 17.7 Å². The number of carboxylic acids is 1. The molecule has 2 atom stereocenters. The fourth-order valence-corrected chi connectivity index (χ4v) is 2.28. The molecule has 0 spiro atoms. The lowest BCUT2D eigenvalue weighted by Crippen LogP contribution is -2.40. The van der Waals surface area contributed by atoms with Gasteiger partial charge in [-0.05, 0) is 37.1 Å². The van der Waals surface area contributed by atoms with Gasteiger partial charge < -0.3 is 10.4 Å². The predicted molar refractivity (Wildman–Crippen MR) is 62.6 cm³/mol. The zero-order valence-corrected chi connectivity index (χ0v) is 9.73. The molecule has 96 valence electrons. The third kappa shape index (κ3) is 2.67. The van der Waals surface area contributed by atoms with Crippen molar-refractivity contribution in [1.29, 1.82) is 0 Å². The first-order valence-corrected chi connectivity index (χ1v) is 5.87. The minimum Gasteiger partial charge on any atom is -0.481 e. The highest BCUT2D eigenvalue weighted by Crippen LogP contribution is 2.26. The highest BCUT2D eigenvalue weighted by atomic mass is 19.1. The molecule has 2 rings (SSSR count). The van der Waals surface area contributed by atoms with Crippen LogP contribution in [0.3, 0.4) is 0 Å². The van der Waals surface area contributed by atoms with Crippen molar-refractivity contribution in [2.24, 2.45) is 5.92 Å². The number of carbonyl (C=O) groups excluding carboxylic acids is 1. The number of rotatable bonds is 3. The van der Waals surface area contributed by atoms with Crippen molar-refractivity contribution in [2.75, 3.05) is 0 Å². The quantitative estimate of drug-likeness (QED) is 0.861. The van der Waals surface area contributed by atoms with Gasteiger partial charge in [-0.1, -0.05) is 6.42 Å². The Morgan fingerprint density at radius 3 is 2.50 bits per heavy atom. The van der Waals surface area contributed by atoms with Crippen molar-refractivity contribution in [3.63, 3.8) is 0 Å². The molecule has 1 saturated carbocycles. The zero-order chi connectivity index (χ0) is 13.1. The molecular weight excluding hydrogens is 237 g/mol. The largest absolute Gasteiger partial charge is 0.481 e. The summed E-state index contributed by atoms with van der Waals surface area (Å²) in [5.74, 6) is -2.16. The summed E-state index contributed by atoms with van der Waals surface area (Å²) in [4.78, 5) is 22.8. The molecule has 2 N–H and O–H groups in total. The van der Waals surface area contributed by atoms with Gasteiger partial charge in [-0.2, -0.15) is 0 Å². The molecule has 0 aromatic heterocycles. The lowest BCUT2D eigenvalue weighted by atomic mass is 10.0. The first kappa shape index (κ1) is 12.5. The number of benzene rings is 1. The van der Waals surface area contributed by atoms with Crippen LogP contribution >= 0.6 is 0 Å². The molecule has 1 aromatic carbocycles. The maximum absolute atomic E-state index is 12.7. The Balaban J connectivity index is 2.03. The molecule has 4 nitrogen and oxygen atoms in total. The van der Waals surface area contributed by atoms with E-state index in [9.17, 15) is 14.0 Å².